The van der Waals surface area contributed by atoms with Crippen LogP contribution in [0.4, 0.5) is 13.2 Å². The number of aliphatic hydroxyl groups excluding tert-OH is 1. The Morgan fingerprint density at radius 3 is 2.38 bits per heavy atom. The molecule has 0 spiro atoms. The summed E-state index contributed by atoms with van der Waals surface area (Å²) in [5.41, 5.74) is 0.0630. The first-order valence-electron chi connectivity index (χ1n) is 5.64. The summed E-state index contributed by atoms with van der Waals surface area (Å²) in [6.07, 6.45) is -5.83. The second-order valence-electron chi connectivity index (χ2n) is 4.38. The average Bonchev–Trinajstić information content (AvgIpc) is 2.28. The van der Waals surface area contributed by atoms with Crippen molar-refractivity contribution in [3.05, 3.63) is 27.7 Å². The fourth-order valence-corrected chi connectivity index (χ4v) is 3.81. The molecule has 1 rings (SSSR count). The van der Waals surface area contributed by atoms with Gasteiger partial charge in [0.25, 0.3) is 0 Å². The Hall–Kier alpha value is -0.540. The van der Waals surface area contributed by atoms with E-state index in [9.17, 15) is 21.6 Å². The second-order valence-corrected chi connectivity index (χ2v) is 6.87. The monoisotopic (exact) mass is 365 g/mol. The van der Waals surface area contributed by atoms with Gasteiger partial charge < -0.3 is 5.11 Å². The molecule has 0 radical (unpaired) electrons. The Bertz CT molecular complexity index is 620. The zero-order chi connectivity index (χ0) is 16.4. The average molecular weight is 366 g/mol. The topological polar surface area (TPSA) is 66.4 Å². The molecule has 0 aliphatic carbocycles. The Kier molecular flexibility index (Phi) is 5.91. The molecule has 1 aromatic carbocycles. The molecule has 1 atom stereocenters. The largest absolute Gasteiger partial charge is 0.392 e. The van der Waals surface area contributed by atoms with Crippen molar-refractivity contribution < 1.29 is 26.7 Å². The zero-order valence-electron chi connectivity index (χ0n) is 10.7. The molecule has 4 nitrogen and oxygen atoms in total. The van der Waals surface area contributed by atoms with E-state index in [1.54, 1.807) is 0 Å². The van der Waals surface area contributed by atoms with Crippen molar-refractivity contribution in [2.75, 3.05) is 0 Å². The number of nitrogens with one attached hydrogen (secondary N) is 1. The van der Waals surface area contributed by atoms with Gasteiger partial charge >= 0.3 is 6.18 Å². The van der Waals surface area contributed by atoms with Crippen molar-refractivity contribution in [3.63, 3.8) is 0 Å². The van der Waals surface area contributed by atoms with Crippen LogP contribution in [0.25, 0.3) is 0 Å². The molecular formula is C11H12Cl2F3NO3S. The second kappa shape index (κ2) is 6.70. The van der Waals surface area contributed by atoms with E-state index >= 15 is 0 Å². The number of alkyl halides is 3. The number of rotatable bonds is 5. The molecular weight excluding hydrogens is 354 g/mol. The molecule has 21 heavy (non-hydrogen) atoms. The number of aliphatic hydroxyl groups is 1. The van der Waals surface area contributed by atoms with E-state index < -0.39 is 40.2 Å². The van der Waals surface area contributed by atoms with Gasteiger partial charge in [-0.15, -0.1) is 0 Å². The highest BCUT2D eigenvalue weighted by Crippen LogP contribution is 2.30. The lowest BCUT2D eigenvalue weighted by atomic mass is 10.2. The lowest BCUT2D eigenvalue weighted by Gasteiger charge is -2.17. The van der Waals surface area contributed by atoms with Crippen LogP contribution >= 0.6 is 23.2 Å². The third kappa shape index (κ3) is 5.30. The van der Waals surface area contributed by atoms with E-state index in [1.165, 1.54) is 6.07 Å². The van der Waals surface area contributed by atoms with Gasteiger partial charge in [0.15, 0.2) is 0 Å². The van der Waals surface area contributed by atoms with Crippen LogP contribution in [0.15, 0.2) is 17.0 Å². The van der Waals surface area contributed by atoms with Crippen molar-refractivity contribution in [1.29, 1.82) is 0 Å². The van der Waals surface area contributed by atoms with Gasteiger partial charge in [0.2, 0.25) is 10.0 Å². The highest BCUT2D eigenvalue weighted by molar-refractivity contribution is 7.89. The van der Waals surface area contributed by atoms with Crippen molar-refractivity contribution >= 4 is 33.2 Å². The molecule has 0 saturated heterocycles. The lowest BCUT2D eigenvalue weighted by Crippen LogP contribution is -2.36. The highest BCUT2D eigenvalue weighted by atomic mass is 35.5. The van der Waals surface area contributed by atoms with E-state index in [-0.39, 0.29) is 15.6 Å². The normalized spacial score (nSPS) is 14.2. The van der Waals surface area contributed by atoms with Crippen molar-refractivity contribution in [3.8, 4) is 0 Å². The Labute approximate surface area is 129 Å². The molecule has 0 saturated carbocycles. The van der Waals surface area contributed by atoms with Crippen molar-refractivity contribution in [1.82, 2.24) is 4.72 Å². The Balaban J connectivity index is 3.12. The molecule has 0 aliphatic heterocycles. The van der Waals surface area contributed by atoms with E-state index in [1.807, 2.05) is 4.72 Å². The van der Waals surface area contributed by atoms with Crippen LogP contribution < -0.4 is 4.72 Å². The molecule has 10 heteroatoms. The van der Waals surface area contributed by atoms with Crippen LogP contribution in [0.1, 0.15) is 18.9 Å². The van der Waals surface area contributed by atoms with Crippen LogP contribution in [0.2, 0.25) is 10.0 Å². The van der Waals surface area contributed by atoms with Crippen LogP contribution in [0, 0.1) is 0 Å². The molecule has 0 aliphatic rings. The van der Waals surface area contributed by atoms with Gasteiger partial charge in [0.05, 0.1) is 18.1 Å². The predicted octanol–water partition coefficient (Wildman–Crippen LogP) is 3.10. The maximum atomic E-state index is 12.2. The Morgan fingerprint density at radius 2 is 1.90 bits per heavy atom. The first-order chi connectivity index (χ1) is 9.46. The maximum absolute atomic E-state index is 12.2. The SMILES string of the molecule is CC(CC(F)(F)F)NS(=O)(=O)c1cc(Cl)cc(CO)c1Cl. The van der Waals surface area contributed by atoms with Crippen molar-refractivity contribution in [2.24, 2.45) is 0 Å². The van der Waals surface area contributed by atoms with Gasteiger partial charge in [-0.25, -0.2) is 13.1 Å². The zero-order valence-corrected chi connectivity index (χ0v) is 13.0. The number of hydrogen-bond donors (Lipinski definition) is 2. The van der Waals surface area contributed by atoms with Crippen LogP contribution in [-0.2, 0) is 16.6 Å². The third-order valence-corrected chi connectivity index (χ3v) is 4.82. The first kappa shape index (κ1) is 18.5. The number of benzene rings is 1. The van der Waals surface area contributed by atoms with Gasteiger partial charge in [0, 0.05) is 11.1 Å². The molecule has 0 fully saturated rings. The minimum Gasteiger partial charge on any atom is -0.392 e. The van der Waals surface area contributed by atoms with Crippen LogP contribution in [0.3, 0.4) is 0 Å². The molecule has 0 bridgehead atoms. The lowest BCUT2D eigenvalue weighted by molar-refractivity contribution is -0.137. The van der Waals surface area contributed by atoms with Gasteiger partial charge in [-0.3, -0.25) is 0 Å². The molecule has 0 heterocycles. The molecule has 2 N–H and O–H groups in total. The number of hydrogen-bond acceptors (Lipinski definition) is 3. The summed E-state index contributed by atoms with van der Waals surface area (Å²) in [4.78, 5) is -0.477. The maximum Gasteiger partial charge on any atom is 0.390 e. The first-order valence-corrected chi connectivity index (χ1v) is 7.88. The summed E-state index contributed by atoms with van der Waals surface area (Å²) in [6, 6.07) is 0.899. The summed E-state index contributed by atoms with van der Waals surface area (Å²) < 4.78 is 62.7. The molecule has 0 aromatic heterocycles. The fraction of sp³-hybridized carbons (Fsp3) is 0.455. The summed E-state index contributed by atoms with van der Waals surface area (Å²) in [5.74, 6) is 0. The summed E-state index contributed by atoms with van der Waals surface area (Å²) in [5, 5.41) is 8.77. The highest BCUT2D eigenvalue weighted by Gasteiger charge is 2.32. The molecule has 1 aromatic rings. The van der Waals surface area contributed by atoms with Crippen molar-refractivity contribution in [2.45, 2.75) is 37.1 Å². The summed E-state index contributed by atoms with van der Waals surface area (Å²) in [6.45, 7) is 0.524. The fourth-order valence-electron chi connectivity index (χ4n) is 1.65. The molecule has 1 unspecified atom stereocenters. The van der Waals surface area contributed by atoms with E-state index in [2.05, 4.69) is 0 Å². The quantitative estimate of drug-likeness (QED) is 0.842. The number of halogens is 5. The Morgan fingerprint density at radius 1 is 1.33 bits per heavy atom. The minimum atomic E-state index is -4.50. The van der Waals surface area contributed by atoms with E-state index in [0.29, 0.717) is 0 Å². The minimum absolute atomic E-state index is 0.00713. The van der Waals surface area contributed by atoms with Gasteiger partial charge in [-0.2, -0.15) is 13.2 Å². The standard InChI is InChI=1S/C11H12Cl2F3NO3S/c1-6(4-11(14,15)16)17-21(19,20)9-3-8(12)2-7(5-18)10(9)13/h2-3,6,17-18H,4-5H2,1H3. The van der Waals surface area contributed by atoms with Gasteiger partial charge in [-0.1, -0.05) is 23.2 Å². The van der Waals surface area contributed by atoms with E-state index in [4.69, 9.17) is 28.3 Å². The summed E-state index contributed by atoms with van der Waals surface area (Å²) in [7, 11) is -4.30. The van der Waals surface area contributed by atoms with Crippen LogP contribution in [0.5, 0.6) is 0 Å². The third-order valence-electron chi connectivity index (χ3n) is 2.43. The predicted molar refractivity (Wildman–Crippen MR) is 72.8 cm³/mol. The van der Waals surface area contributed by atoms with E-state index in [0.717, 1.165) is 13.0 Å². The number of sulfonamides is 1. The van der Waals surface area contributed by atoms with Gasteiger partial charge in [-0.05, 0) is 24.6 Å². The molecule has 0 amide bonds. The summed E-state index contributed by atoms with van der Waals surface area (Å²) >= 11 is 11.5. The molecule has 120 valence electrons. The van der Waals surface area contributed by atoms with Gasteiger partial charge in [0.1, 0.15) is 4.90 Å². The van der Waals surface area contributed by atoms with Crippen LogP contribution in [-0.4, -0.2) is 25.7 Å². The smallest absolute Gasteiger partial charge is 0.390 e.